The Balaban J connectivity index is 2.03. The molecule has 0 aliphatic carbocycles. The van der Waals surface area contributed by atoms with Crippen LogP contribution >= 0.6 is 0 Å². The molecule has 0 saturated carbocycles. The van der Waals surface area contributed by atoms with Gasteiger partial charge in [-0.15, -0.1) is 0 Å². The number of rotatable bonds is 10. The van der Waals surface area contributed by atoms with Crippen LogP contribution in [0.3, 0.4) is 0 Å². The predicted octanol–water partition coefficient (Wildman–Crippen LogP) is 3.88. The SMILES string of the molecule is CCNC(=O)C(C)N(Cc1ccccc1)C(=O)CN(c1ccccc1F)S(=O)(=O)c1ccc(C)cc1. The molecule has 0 bridgehead atoms. The van der Waals surface area contributed by atoms with Gasteiger partial charge in [-0.1, -0.05) is 60.2 Å². The lowest BCUT2D eigenvalue weighted by Crippen LogP contribution is -2.51. The molecule has 9 heteroatoms. The number of halogens is 1. The fourth-order valence-electron chi connectivity index (χ4n) is 3.69. The molecule has 1 unspecified atom stereocenters. The lowest BCUT2D eigenvalue weighted by molar-refractivity contribution is -0.139. The summed E-state index contributed by atoms with van der Waals surface area (Å²) in [5.74, 6) is -1.80. The van der Waals surface area contributed by atoms with Crippen molar-refractivity contribution < 1.29 is 22.4 Å². The minimum absolute atomic E-state index is 0.0736. The molecule has 1 N–H and O–H groups in total. The molecule has 0 aromatic heterocycles. The van der Waals surface area contributed by atoms with E-state index in [-0.39, 0.29) is 23.0 Å². The maximum absolute atomic E-state index is 14.8. The lowest BCUT2D eigenvalue weighted by atomic mass is 10.1. The molecular formula is C27H30FN3O4S. The predicted molar refractivity (Wildman–Crippen MR) is 137 cm³/mol. The molecule has 3 aromatic rings. The van der Waals surface area contributed by atoms with Gasteiger partial charge in [0, 0.05) is 13.1 Å². The van der Waals surface area contributed by atoms with Crippen molar-refractivity contribution in [1.29, 1.82) is 0 Å². The molecule has 3 aromatic carbocycles. The Bertz CT molecular complexity index is 1300. The first kappa shape index (κ1) is 26.9. The average Bonchev–Trinajstić information content (AvgIpc) is 2.87. The summed E-state index contributed by atoms with van der Waals surface area (Å²) >= 11 is 0. The number of para-hydroxylation sites is 1. The summed E-state index contributed by atoms with van der Waals surface area (Å²) in [6.07, 6.45) is 0. The minimum atomic E-state index is -4.31. The quantitative estimate of drug-likeness (QED) is 0.448. The number of likely N-dealkylation sites (N-methyl/N-ethyl adjacent to an activating group) is 1. The van der Waals surface area contributed by atoms with Crippen LogP contribution in [0.1, 0.15) is 25.0 Å². The van der Waals surface area contributed by atoms with Crippen LogP contribution in [0.15, 0.2) is 83.8 Å². The Morgan fingerprint density at radius 2 is 1.56 bits per heavy atom. The highest BCUT2D eigenvalue weighted by atomic mass is 32.2. The van der Waals surface area contributed by atoms with Crippen LogP contribution in [0.4, 0.5) is 10.1 Å². The summed E-state index contributed by atoms with van der Waals surface area (Å²) in [4.78, 5) is 27.5. The van der Waals surface area contributed by atoms with Crippen LogP contribution < -0.4 is 9.62 Å². The van der Waals surface area contributed by atoms with E-state index in [2.05, 4.69) is 5.32 Å². The third-order valence-corrected chi connectivity index (χ3v) is 7.50. The molecule has 3 rings (SSSR count). The minimum Gasteiger partial charge on any atom is -0.355 e. The topological polar surface area (TPSA) is 86.8 Å². The number of carbonyl (C=O) groups excluding carboxylic acids is 2. The van der Waals surface area contributed by atoms with Crippen molar-refractivity contribution in [2.75, 3.05) is 17.4 Å². The number of benzene rings is 3. The Kier molecular flexibility index (Phi) is 8.82. The molecule has 0 heterocycles. The van der Waals surface area contributed by atoms with Crippen LogP contribution in [0.5, 0.6) is 0 Å². The zero-order valence-corrected chi connectivity index (χ0v) is 21.3. The Hall–Kier alpha value is -3.72. The van der Waals surface area contributed by atoms with E-state index < -0.39 is 34.3 Å². The Morgan fingerprint density at radius 3 is 2.17 bits per heavy atom. The first-order valence-corrected chi connectivity index (χ1v) is 13.0. The first-order chi connectivity index (χ1) is 17.1. The van der Waals surface area contributed by atoms with Gasteiger partial charge in [0.15, 0.2) is 0 Å². The maximum Gasteiger partial charge on any atom is 0.264 e. The van der Waals surface area contributed by atoms with E-state index in [9.17, 15) is 22.4 Å². The second kappa shape index (κ2) is 11.8. The number of hydrogen-bond donors (Lipinski definition) is 1. The highest BCUT2D eigenvalue weighted by Gasteiger charge is 2.33. The third-order valence-electron chi connectivity index (χ3n) is 5.72. The second-order valence-corrected chi connectivity index (χ2v) is 10.2. The summed E-state index contributed by atoms with van der Waals surface area (Å²) in [6.45, 7) is 4.93. The van der Waals surface area contributed by atoms with E-state index >= 15 is 0 Å². The Labute approximate surface area is 211 Å². The van der Waals surface area contributed by atoms with E-state index in [1.54, 1.807) is 26.0 Å². The van der Waals surface area contributed by atoms with E-state index in [1.807, 2.05) is 37.3 Å². The van der Waals surface area contributed by atoms with E-state index in [1.165, 1.54) is 35.2 Å². The molecule has 0 saturated heterocycles. The van der Waals surface area contributed by atoms with E-state index in [0.717, 1.165) is 21.5 Å². The molecular weight excluding hydrogens is 481 g/mol. The molecule has 2 amide bonds. The van der Waals surface area contributed by atoms with Crippen molar-refractivity contribution in [2.45, 2.75) is 38.3 Å². The van der Waals surface area contributed by atoms with Gasteiger partial charge in [-0.05, 0) is 50.6 Å². The summed E-state index contributed by atoms with van der Waals surface area (Å²) in [6, 6.07) is 19.7. The number of carbonyl (C=O) groups is 2. The van der Waals surface area contributed by atoms with Gasteiger partial charge in [0.2, 0.25) is 11.8 Å². The number of nitrogens with zero attached hydrogens (tertiary/aromatic N) is 2. The summed E-state index contributed by atoms with van der Waals surface area (Å²) < 4.78 is 42.9. The molecule has 0 spiro atoms. The number of nitrogens with one attached hydrogen (secondary N) is 1. The van der Waals surface area contributed by atoms with Crippen LogP contribution in [-0.4, -0.2) is 44.3 Å². The molecule has 1 atom stereocenters. The summed E-state index contributed by atoms with van der Waals surface area (Å²) in [5, 5.41) is 2.70. The summed E-state index contributed by atoms with van der Waals surface area (Å²) in [7, 11) is -4.31. The number of amides is 2. The normalized spacial score (nSPS) is 12.0. The molecule has 0 aliphatic rings. The molecule has 0 radical (unpaired) electrons. The molecule has 190 valence electrons. The van der Waals surface area contributed by atoms with Crippen molar-refractivity contribution in [2.24, 2.45) is 0 Å². The molecule has 36 heavy (non-hydrogen) atoms. The van der Waals surface area contributed by atoms with Crippen LogP contribution in [0.2, 0.25) is 0 Å². The van der Waals surface area contributed by atoms with Crippen molar-refractivity contribution >= 4 is 27.5 Å². The number of sulfonamides is 1. The Morgan fingerprint density at radius 1 is 0.944 bits per heavy atom. The first-order valence-electron chi connectivity index (χ1n) is 11.6. The zero-order chi connectivity index (χ0) is 26.3. The molecule has 7 nitrogen and oxygen atoms in total. The van der Waals surface area contributed by atoms with Crippen LogP contribution in [-0.2, 0) is 26.2 Å². The van der Waals surface area contributed by atoms with Crippen molar-refractivity contribution in [1.82, 2.24) is 10.2 Å². The monoisotopic (exact) mass is 511 g/mol. The van der Waals surface area contributed by atoms with Crippen LogP contribution in [0, 0.1) is 12.7 Å². The lowest BCUT2D eigenvalue weighted by Gasteiger charge is -2.32. The van der Waals surface area contributed by atoms with Gasteiger partial charge < -0.3 is 10.2 Å². The maximum atomic E-state index is 14.8. The fraction of sp³-hybridized carbons (Fsp3) is 0.259. The molecule has 0 aliphatic heterocycles. The van der Waals surface area contributed by atoms with Crippen molar-refractivity contribution in [3.8, 4) is 0 Å². The third kappa shape index (κ3) is 6.28. The largest absolute Gasteiger partial charge is 0.355 e. The van der Waals surface area contributed by atoms with Gasteiger partial charge in [0.25, 0.3) is 10.0 Å². The smallest absolute Gasteiger partial charge is 0.264 e. The average molecular weight is 512 g/mol. The van der Waals surface area contributed by atoms with Crippen molar-refractivity contribution in [3.05, 3.63) is 95.8 Å². The summed E-state index contributed by atoms with van der Waals surface area (Å²) in [5.41, 5.74) is 1.37. The van der Waals surface area contributed by atoms with Gasteiger partial charge in [-0.2, -0.15) is 0 Å². The highest BCUT2D eigenvalue weighted by molar-refractivity contribution is 7.92. The van der Waals surface area contributed by atoms with Gasteiger partial charge in [-0.3, -0.25) is 13.9 Å². The fourth-order valence-corrected chi connectivity index (χ4v) is 5.11. The number of hydrogen-bond acceptors (Lipinski definition) is 4. The van der Waals surface area contributed by atoms with Gasteiger partial charge >= 0.3 is 0 Å². The zero-order valence-electron chi connectivity index (χ0n) is 20.5. The number of aryl methyl sites for hydroxylation is 1. The standard InChI is InChI=1S/C27H30FN3O4S/c1-4-29-27(33)21(3)30(18-22-10-6-5-7-11-22)26(32)19-31(25-13-9-8-12-24(25)28)36(34,35)23-16-14-20(2)15-17-23/h5-17,21H,4,18-19H2,1-3H3,(H,29,33). The number of anilines is 1. The second-order valence-electron chi connectivity index (χ2n) is 8.35. The van der Waals surface area contributed by atoms with E-state index in [0.29, 0.717) is 6.54 Å². The highest BCUT2D eigenvalue weighted by Crippen LogP contribution is 2.27. The van der Waals surface area contributed by atoms with Crippen molar-refractivity contribution in [3.63, 3.8) is 0 Å². The van der Waals surface area contributed by atoms with Gasteiger partial charge in [0.1, 0.15) is 18.4 Å². The van der Waals surface area contributed by atoms with Crippen LogP contribution in [0.25, 0.3) is 0 Å². The van der Waals surface area contributed by atoms with E-state index in [4.69, 9.17) is 0 Å². The van der Waals surface area contributed by atoms with Gasteiger partial charge in [0.05, 0.1) is 10.6 Å². The molecule has 0 fully saturated rings. The van der Waals surface area contributed by atoms with Gasteiger partial charge in [-0.25, -0.2) is 12.8 Å².